The van der Waals surface area contributed by atoms with Gasteiger partial charge >= 0.3 is 0 Å². The molecular weight excluding hydrogens is 418 g/mol. The van der Waals surface area contributed by atoms with Gasteiger partial charge in [-0.05, 0) is 60.9 Å². The van der Waals surface area contributed by atoms with Crippen molar-refractivity contribution in [2.24, 2.45) is 11.8 Å². The summed E-state index contributed by atoms with van der Waals surface area (Å²) in [5.74, 6) is 1.09. The number of anilines is 1. The largest absolute Gasteiger partial charge is 0.377 e. The maximum Gasteiger partial charge on any atom is 0.177 e. The van der Waals surface area contributed by atoms with Gasteiger partial charge in [0, 0.05) is 12.5 Å². The topological polar surface area (TPSA) is 80.3 Å². The Hall–Kier alpha value is -1.86. The molecule has 164 valence electrons. The van der Waals surface area contributed by atoms with Crippen molar-refractivity contribution in [3.8, 4) is 0 Å². The molecule has 2 aromatic carbocycles. The number of sulfone groups is 2. The van der Waals surface area contributed by atoms with Crippen LogP contribution in [0.3, 0.4) is 0 Å². The maximum atomic E-state index is 12.5. The average molecular weight is 450 g/mol. The summed E-state index contributed by atoms with van der Waals surface area (Å²) in [6.07, 6.45) is 6.65. The van der Waals surface area contributed by atoms with E-state index in [0.717, 1.165) is 49.3 Å². The van der Waals surface area contributed by atoms with Gasteiger partial charge in [-0.25, -0.2) is 16.8 Å². The fourth-order valence-corrected chi connectivity index (χ4v) is 5.92. The van der Waals surface area contributed by atoms with E-state index in [1.165, 1.54) is 12.1 Å². The Kier molecular flexibility index (Phi) is 6.63. The minimum atomic E-state index is -3.62. The summed E-state index contributed by atoms with van der Waals surface area (Å²) in [4.78, 5) is 0.0283. The van der Waals surface area contributed by atoms with E-state index in [1.54, 1.807) is 6.07 Å². The molecule has 1 aliphatic carbocycles. The van der Waals surface area contributed by atoms with Crippen LogP contribution >= 0.6 is 0 Å². The van der Waals surface area contributed by atoms with Crippen molar-refractivity contribution in [1.82, 2.24) is 0 Å². The summed E-state index contributed by atoms with van der Waals surface area (Å²) in [5.41, 5.74) is 2.77. The molecule has 1 saturated carbocycles. The van der Waals surface area contributed by atoms with Gasteiger partial charge in [0.25, 0.3) is 0 Å². The molecule has 5 nitrogen and oxygen atoms in total. The number of aryl methyl sites for hydroxylation is 1. The quantitative estimate of drug-likeness (QED) is 0.686. The van der Waals surface area contributed by atoms with Crippen LogP contribution in [0.15, 0.2) is 52.3 Å². The van der Waals surface area contributed by atoms with Crippen LogP contribution in [0.25, 0.3) is 0 Å². The molecule has 30 heavy (non-hydrogen) atoms. The summed E-state index contributed by atoms with van der Waals surface area (Å²) >= 11 is 0. The van der Waals surface area contributed by atoms with Gasteiger partial charge in [0.05, 0.1) is 21.5 Å². The Bertz CT molecular complexity index is 1120. The minimum Gasteiger partial charge on any atom is -0.377 e. The molecule has 1 unspecified atom stereocenters. The van der Waals surface area contributed by atoms with Crippen molar-refractivity contribution in [2.45, 2.75) is 55.4 Å². The molecule has 1 aliphatic rings. The SMILES string of the molecule is Cc1ccccc1C(Nc1ccc(S(C)(=O)=O)cc1S(C)(=O)=O)C1CCC(C)CC1. The maximum absolute atomic E-state index is 12.5. The summed E-state index contributed by atoms with van der Waals surface area (Å²) in [7, 11) is -7.13. The molecule has 0 aliphatic heterocycles. The number of benzene rings is 2. The van der Waals surface area contributed by atoms with Crippen molar-refractivity contribution in [3.63, 3.8) is 0 Å². The third-order valence-corrected chi connectivity index (χ3v) is 8.39. The molecule has 0 aromatic heterocycles. The second kappa shape index (κ2) is 8.71. The van der Waals surface area contributed by atoms with E-state index in [2.05, 4.69) is 31.3 Å². The first-order valence-electron chi connectivity index (χ1n) is 10.3. The molecule has 0 heterocycles. The standard InChI is InChI=1S/C23H31NO4S2/c1-16-9-11-18(12-10-16)23(20-8-6-5-7-17(20)2)24-21-14-13-19(29(3,25)26)15-22(21)30(4,27)28/h5-8,13-16,18,23-24H,9-12H2,1-4H3. The lowest BCUT2D eigenvalue weighted by atomic mass is 9.76. The Balaban J connectivity index is 2.07. The highest BCUT2D eigenvalue weighted by atomic mass is 32.2. The lowest BCUT2D eigenvalue weighted by Crippen LogP contribution is -2.26. The Labute approximate surface area is 180 Å². The molecule has 0 saturated heterocycles. The van der Waals surface area contributed by atoms with E-state index in [0.29, 0.717) is 17.5 Å². The molecule has 1 N–H and O–H groups in total. The monoisotopic (exact) mass is 449 g/mol. The lowest BCUT2D eigenvalue weighted by molar-refractivity contribution is 0.264. The normalized spacial score (nSPS) is 21.2. The van der Waals surface area contributed by atoms with E-state index >= 15 is 0 Å². The molecule has 1 fully saturated rings. The smallest absolute Gasteiger partial charge is 0.177 e. The van der Waals surface area contributed by atoms with Crippen LogP contribution in [-0.2, 0) is 19.7 Å². The summed E-state index contributed by atoms with van der Waals surface area (Å²) in [5, 5.41) is 3.50. The summed E-state index contributed by atoms with van der Waals surface area (Å²) in [6, 6.07) is 12.5. The number of nitrogens with one attached hydrogen (secondary N) is 1. The van der Waals surface area contributed by atoms with Crippen LogP contribution in [0.5, 0.6) is 0 Å². The molecular formula is C23H31NO4S2. The molecule has 1 atom stereocenters. The molecule has 7 heteroatoms. The minimum absolute atomic E-state index is 0.00686. The van der Waals surface area contributed by atoms with Crippen molar-refractivity contribution < 1.29 is 16.8 Å². The summed E-state index contributed by atoms with van der Waals surface area (Å²) in [6.45, 7) is 4.35. The lowest BCUT2D eigenvalue weighted by Gasteiger charge is -2.35. The van der Waals surface area contributed by atoms with Crippen LogP contribution in [0.4, 0.5) is 5.69 Å². The molecule has 2 aromatic rings. The zero-order valence-electron chi connectivity index (χ0n) is 18.1. The Morgan fingerprint density at radius 3 is 2.10 bits per heavy atom. The highest BCUT2D eigenvalue weighted by molar-refractivity contribution is 7.91. The highest BCUT2D eigenvalue weighted by Crippen LogP contribution is 2.40. The Morgan fingerprint density at radius 2 is 1.53 bits per heavy atom. The zero-order valence-corrected chi connectivity index (χ0v) is 19.7. The van der Waals surface area contributed by atoms with Crippen LogP contribution in [0.2, 0.25) is 0 Å². The first-order chi connectivity index (χ1) is 14.0. The van der Waals surface area contributed by atoms with Crippen molar-refractivity contribution >= 4 is 25.4 Å². The zero-order chi connectivity index (χ0) is 22.1. The Morgan fingerprint density at radius 1 is 0.900 bits per heavy atom. The molecule has 0 spiro atoms. The average Bonchev–Trinajstić information content (AvgIpc) is 2.66. The summed E-state index contributed by atoms with van der Waals surface area (Å²) < 4.78 is 49.0. The van der Waals surface area contributed by atoms with E-state index in [-0.39, 0.29) is 15.8 Å². The number of rotatable bonds is 6. The van der Waals surface area contributed by atoms with Gasteiger partial charge in [-0.2, -0.15) is 0 Å². The second-order valence-corrected chi connectivity index (χ2v) is 12.7. The van der Waals surface area contributed by atoms with Crippen LogP contribution in [0.1, 0.15) is 49.8 Å². The predicted octanol–water partition coefficient (Wildman–Crippen LogP) is 4.78. The van der Waals surface area contributed by atoms with E-state index in [4.69, 9.17) is 0 Å². The van der Waals surface area contributed by atoms with Crippen molar-refractivity contribution in [2.75, 3.05) is 17.8 Å². The van der Waals surface area contributed by atoms with Gasteiger partial charge in [-0.15, -0.1) is 0 Å². The van der Waals surface area contributed by atoms with Gasteiger partial charge in [-0.3, -0.25) is 0 Å². The highest BCUT2D eigenvalue weighted by Gasteiger charge is 2.29. The van der Waals surface area contributed by atoms with Crippen LogP contribution < -0.4 is 5.32 Å². The third kappa shape index (κ3) is 5.24. The first-order valence-corrected chi connectivity index (χ1v) is 14.1. The number of hydrogen-bond donors (Lipinski definition) is 1. The van der Waals surface area contributed by atoms with Crippen molar-refractivity contribution in [3.05, 3.63) is 53.6 Å². The van der Waals surface area contributed by atoms with E-state index < -0.39 is 19.7 Å². The molecule has 3 rings (SSSR count). The fraction of sp³-hybridized carbons (Fsp3) is 0.478. The van der Waals surface area contributed by atoms with Crippen LogP contribution in [-0.4, -0.2) is 29.3 Å². The van der Waals surface area contributed by atoms with Crippen molar-refractivity contribution in [1.29, 1.82) is 0 Å². The second-order valence-electron chi connectivity index (χ2n) is 8.70. The number of hydrogen-bond acceptors (Lipinski definition) is 5. The van der Waals surface area contributed by atoms with Crippen LogP contribution in [0, 0.1) is 18.8 Å². The van der Waals surface area contributed by atoms with Gasteiger partial charge in [0.1, 0.15) is 0 Å². The van der Waals surface area contributed by atoms with E-state index in [9.17, 15) is 16.8 Å². The van der Waals surface area contributed by atoms with E-state index in [1.807, 2.05) is 12.1 Å². The molecule has 0 amide bonds. The third-order valence-electron chi connectivity index (χ3n) is 6.15. The first kappa shape index (κ1) is 22.8. The van der Waals surface area contributed by atoms with Gasteiger partial charge in [0.2, 0.25) is 0 Å². The van der Waals surface area contributed by atoms with Gasteiger partial charge < -0.3 is 5.32 Å². The predicted molar refractivity (Wildman–Crippen MR) is 121 cm³/mol. The molecule has 0 bridgehead atoms. The fourth-order valence-electron chi connectivity index (χ4n) is 4.33. The molecule has 0 radical (unpaired) electrons. The van der Waals surface area contributed by atoms with Gasteiger partial charge in [-0.1, -0.05) is 44.0 Å². The van der Waals surface area contributed by atoms with Gasteiger partial charge in [0.15, 0.2) is 19.7 Å².